The third-order valence-electron chi connectivity index (χ3n) is 4.58. The molecule has 1 aliphatic heterocycles. The van der Waals surface area contributed by atoms with E-state index in [0.717, 1.165) is 4.31 Å². The molecular formula is C19H17FN4O3S. The molecule has 1 N–H and O–H groups in total. The second-order valence-corrected chi connectivity index (χ2v) is 8.26. The molecule has 0 aliphatic carbocycles. The molecule has 0 saturated heterocycles. The normalized spacial score (nSPS) is 14.0. The van der Waals surface area contributed by atoms with Gasteiger partial charge in [0.05, 0.1) is 28.5 Å². The largest absolute Gasteiger partial charge is 0.323 e. The number of fused-ring (bicyclic) bond motifs is 1. The number of aromatic nitrogens is 2. The number of para-hydroxylation sites is 2. The number of aryl methyl sites for hydroxylation is 1. The van der Waals surface area contributed by atoms with Crippen molar-refractivity contribution < 1.29 is 17.6 Å². The number of rotatable bonds is 3. The number of amides is 1. The van der Waals surface area contributed by atoms with Gasteiger partial charge in [-0.1, -0.05) is 12.1 Å². The van der Waals surface area contributed by atoms with Crippen LogP contribution in [-0.4, -0.2) is 30.7 Å². The Kier molecular flexibility index (Phi) is 4.19. The first-order chi connectivity index (χ1) is 13.3. The Morgan fingerprint density at radius 3 is 2.46 bits per heavy atom. The van der Waals surface area contributed by atoms with E-state index in [1.54, 1.807) is 38.1 Å². The fourth-order valence-electron chi connectivity index (χ4n) is 3.36. The average Bonchev–Trinajstić information content (AvgIpc) is 2.96. The number of anilines is 2. The van der Waals surface area contributed by atoms with Gasteiger partial charge in [-0.15, -0.1) is 0 Å². The summed E-state index contributed by atoms with van der Waals surface area (Å²) in [6.07, 6.45) is 0. The van der Waals surface area contributed by atoms with E-state index in [0.29, 0.717) is 28.5 Å². The fourth-order valence-corrected chi connectivity index (χ4v) is 5.16. The zero-order valence-corrected chi connectivity index (χ0v) is 16.0. The summed E-state index contributed by atoms with van der Waals surface area (Å²) in [6, 6.07) is 12.3. The second-order valence-electron chi connectivity index (χ2n) is 6.47. The lowest BCUT2D eigenvalue weighted by Crippen LogP contribution is -2.42. The van der Waals surface area contributed by atoms with Crippen molar-refractivity contribution in [3.05, 3.63) is 65.7 Å². The van der Waals surface area contributed by atoms with E-state index in [2.05, 4.69) is 10.4 Å². The van der Waals surface area contributed by atoms with Crippen molar-refractivity contribution in [2.24, 2.45) is 0 Å². The number of benzene rings is 2. The van der Waals surface area contributed by atoms with Crippen molar-refractivity contribution in [2.45, 2.75) is 18.7 Å². The van der Waals surface area contributed by atoms with E-state index < -0.39 is 21.7 Å². The minimum atomic E-state index is -4.05. The third kappa shape index (κ3) is 2.84. The molecule has 2 heterocycles. The molecule has 0 spiro atoms. The molecule has 1 aliphatic rings. The van der Waals surface area contributed by atoms with E-state index in [-0.39, 0.29) is 11.4 Å². The lowest BCUT2D eigenvalue weighted by Gasteiger charge is -2.30. The Hall–Kier alpha value is -3.20. The van der Waals surface area contributed by atoms with Crippen molar-refractivity contribution in [1.29, 1.82) is 0 Å². The second kappa shape index (κ2) is 6.45. The molecule has 0 fully saturated rings. The summed E-state index contributed by atoms with van der Waals surface area (Å²) in [5, 5.41) is 7.01. The molecule has 9 heteroatoms. The molecule has 3 aromatic rings. The lowest BCUT2D eigenvalue weighted by molar-refractivity contribution is -0.115. The first-order valence-electron chi connectivity index (χ1n) is 8.53. The molecule has 144 valence electrons. The molecule has 28 heavy (non-hydrogen) atoms. The summed E-state index contributed by atoms with van der Waals surface area (Å²) in [7, 11) is -4.05. The van der Waals surface area contributed by atoms with Gasteiger partial charge in [0.1, 0.15) is 17.3 Å². The number of nitrogens with one attached hydrogen (secondary N) is 1. The first kappa shape index (κ1) is 18.2. The van der Waals surface area contributed by atoms with Crippen LogP contribution in [0.1, 0.15) is 11.4 Å². The summed E-state index contributed by atoms with van der Waals surface area (Å²) in [4.78, 5) is 12.1. The maximum Gasteiger partial charge on any atom is 0.268 e. The number of halogens is 1. The van der Waals surface area contributed by atoms with Crippen LogP contribution in [0.25, 0.3) is 5.69 Å². The smallest absolute Gasteiger partial charge is 0.268 e. The van der Waals surface area contributed by atoms with Gasteiger partial charge in [0.2, 0.25) is 5.91 Å². The predicted molar refractivity (Wildman–Crippen MR) is 103 cm³/mol. The summed E-state index contributed by atoms with van der Waals surface area (Å²) in [5.41, 5.74) is 2.05. The van der Waals surface area contributed by atoms with Crippen LogP contribution in [0.3, 0.4) is 0 Å². The number of hydrogen-bond acceptors (Lipinski definition) is 4. The van der Waals surface area contributed by atoms with Gasteiger partial charge in [0.25, 0.3) is 10.0 Å². The number of hydrogen-bond donors (Lipinski definition) is 1. The Bertz CT molecular complexity index is 1190. The highest BCUT2D eigenvalue weighted by Crippen LogP contribution is 2.35. The zero-order chi connectivity index (χ0) is 20.1. The van der Waals surface area contributed by atoms with E-state index in [1.807, 2.05) is 0 Å². The molecule has 0 bridgehead atoms. The van der Waals surface area contributed by atoms with Gasteiger partial charge in [-0.2, -0.15) is 5.10 Å². The topological polar surface area (TPSA) is 84.3 Å². The SMILES string of the molecule is Cc1nn(-c2ccc(F)cc2)c(C)c1S(=O)(=O)N1CC(=O)Nc2ccccc21. The molecular weight excluding hydrogens is 383 g/mol. The van der Waals surface area contributed by atoms with Crippen molar-refractivity contribution in [2.75, 3.05) is 16.2 Å². The maximum absolute atomic E-state index is 13.5. The Balaban J connectivity index is 1.85. The predicted octanol–water partition coefficient (Wildman–Crippen LogP) is 2.78. The molecule has 0 atom stereocenters. The minimum absolute atomic E-state index is 0.0290. The molecule has 7 nitrogen and oxygen atoms in total. The maximum atomic E-state index is 13.5. The van der Waals surface area contributed by atoms with Gasteiger partial charge in [0, 0.05) is 0 Å². The highest BCUT2D eigenvalue weighted by Gasteiger charge is 2.36. The van der Waals surface area contributed by atoms with Crippen molar-refractivity contribution in [3.8, 4) is 5.69 Å². The van der Waals surface area contributed by atoms with E-state index in [9.17, 15) is 17.6 Å². The summed E-state index contributed by atoms with van der Waals surface area (Å²) >= 11 is 0. The van der Waals surface area contributed by atoms with Crippen LogP contribution in [0, 0.1) is 19.7 Å². The van der Waals surface area contributed by atoms with Crippen molar-refractivity contribution in [3.63, 3.8) is 0 Å². The monoisotopic (exact) mass is 400 g/mol. The van der Waals surface area contributed by atoms with E-state index in [4.69, 9.17) is 0 Å². The van der Waals surface area contributed by atoms with Gasteiger partial charge in [-0.25, -0.2) is 17.5 Å². The van der Waals surface area contributed by atoms with Gasteiger partial charge in [-0.3, -0.25) is 9.10 Å². The molecule has 0 saturated carbocycles. The third-order valence-corrected chi connectivity index (χ3v) is 6.59. The van der Waals surface area contributed by atoms with E-state index in [1.165, 1.54) is 28.9 Å². The molecule has 1 aromatic heterocycles. The quantitative estimate of drug-likeness (QED) is 0.733. The van der Waals surface area contributed by atoms with Crippen LogP contribution in [0.2, 0.25) is 0 Å². The van der Waals surface area contributed by atoms with Gasteiger partial charge in [0.15, 0.2) is 0 Å². The first-order valence-corrected chi connectivity index (χ1v) is 9.97. The summed E-state index contributed by atoms with van der Waals surface area (Å²) in [6.45, 7) is 2.90. The zero-order valence-electron chi connectivity index (χ0n) is 15.2. The van der Waals surface area contributed by atoms with Crippen LogP contribution >= 0.6 is 0 Å². The van der Waals surface area contributed by atoms with Crippen molar-refractivity contribution in [1.82, 2.24) is 9.78 Å². The molecule has 4 rings (SSSR count). The van der Waals surface area contributed by atoms with Crippen LogP contribution < -0.4 is 9.62 Å². The van der Waals surface area contributed by atoms with Crippen molar-refractivity contribution >= 4 is 27.3 Å². The van der Waals surface area contributed by atoms with Crippen LogP contribution in [0.15, 0.2) is 53.4 Å². The molecule has 2 aromatic carbocycles. The highest BCUT2D eigenvalue weighted by atomic mass is 32.2. The van der Waals surface area contributed by atoms with E-state index >= 15 is 0 Å². The van der Waals surface area contributed by atoms with Gasteiger partial charge < -0.3 is 5.32 Å². The number of sulfonamides is 1. The fraction of sp³-hybridized carbons (Fsp3) is 0.158. The molecule has 0 unspecified atom stereocenters. The Labute approximate surface area is 161 Å². The van der Waals surface area contributed by atoms with Gasteiger partial charge in [-0.05, 0) is 50.2 Å². The Morgan fingerprint density at radius 1 is 1.07 bits per heavy atom. The molecule has 0 radical (unpaired) electrons. The van der Waals surface area contributed by atoms with Crippen LogP contribution in [0.5, 0.6) is 0 Å². The number of carbonyl (C=O) groups is 1. The Morgan fingerprint density at radius 2 is 1.75 bits per heavy atom. The molecule has 1 amide bonds. The summed E-state index contributed by atoms with van der Waals surface area (Å²) in [5.74, 6) is -0.808. The number of nitrogens with zero attached hydrogens (tertiary/aromatic N) is 3. The minimum Gasteiger partial charge on any atom is -0.323 e. The van der Waals surface area contributed by atoms with Gasteiger partial charge >= 0.3 is 0 Å². The average molecular weight is 400 g/mol. The summed E-state index contributed by atoms with van der Waals surface area (Å²) < 4.78 is 42.7. The lowest BCUT2D eigenvalue weighted by atomic mass is 10.2. The number of carbonyl (C=O) groups excluding carboxylic acids is 1. The standard InChI is InChI=1S/C19H17FN4O3S/c1-12-19(13(2)24(22-12)15-9-7-14(20)8-10-15)28(26,27)23-11-18(25)21-16-5-3-4-6-17(16)23/h3-10H,11H2,1-2H3,(H,21,25). The van der Waals surface area contributed by atoms with Crippen LogP contribution in [-0.2, 0) is 14.8 Å². The highest BCUT2D eigenvalue weighted by molar-refractivity contribution is 7.93. The van der Waals surface area contributed by atoms with Crippen LogP contribution in [0.4, 0.5) is 15.8 Å².